The van der Waals surface area contributed by atoms with Crippen LogP contribution >= 0.6 is 22.7 Å². The topological polar surface area (TPSA) is 37.8 Å². The molecule has 0 saturated heterocycles. The van der Waals surface area contributed by atoms with Crippen LogP contribution in [0.4, 0.5) is 0 Å². The first-order valence-corrected chi connectivity index (χ1v) is 7.04. The summed E-state index contributed by atoms with van der Waals surface area (Å²) in [5.41, 5.74) is 2.95. The average molecular weight is 261 g/mol. The zero-order valence-corrected chi connectivity index (χ0v) is 10.7. The molecule has 17 heavy (non-hydrogen) atoms. The van der Waals surface area contributed by atoms with E-state index in [0.717, 1.165) is 23.6 Å². The van der Waals surface area contributed by atoms with Gasteiger partial charge in [0.15, 0.2) is 0 Å². The van der Waals surface area contributed by atoms with Crippen LogP contribution in [0.25, 0.3) is 10.2 Å². The van der Waals surface area contributed by atoms with E-state index in [4.69, 9.17) is 0 Å². The summed E-state index contributed by atoms with van der Waals surface area (Å²) in [6.45, 7) is 1.68. The zero-order chi connectivity index (χ0) is 11.5. The molecule has 0 atom stereocenters. The van der Waals surface area contributed by atoms with Crippen LogP contribution in [0.15, 0.2) is 36.0 Å². The summed E-state index contributed by atoms with van der Waals surface area (Å²) in [7, 11) is 0. The van der Waals surface area contributed by atoms with Gasteiger partial charge in [-0.1, -0.05) is 12.1 Å². The normalized spacial score (nSPS) is 11.1. The summed E-state index contributed by atoms with van der Waals surface area (Å²) in [6.07, 6.45) is 1.90. The van der Waals surface area contributed by atoms with Crippen molar-refractivity contribution in [3.63, 3.8) is 0 Å². The molecule has 0 bridgehead atoms. The quantitative estimate of drug-likeness (QED) is 0.784. The number of rotatable bonds is 4. The van der Waals surface area contributed by atoms with Gasteiger partial charge in [0.2, 0.25) is 0 Å². The van der Waals surface area contributed by atoms with Crippen molar-refractivity contribution >= 4 is 32.9 Å². The maximum Gasteiger partial charge on any atom is 0.108 e. The van der Waals surface area contributed by atoms with Crippen molar-refractivity contribution in [3.8, 4) is 0 Å². The Morgan fingerprint density at radius 2 is 2.12 bits per heavy atom. The molecule has 0 aliphatic heterocycles. The molecule has 1 aromatic carbocycles. The Labute approximate surface area is 107 Å². The van der Waals surface area contributed by atoms with Crippen LogP contribution < -0.4 is 5.32 Å². The highest BCUT2D eigenvalue weighted by molar-refractivity contribution is 7.18. The predicted octanol–water partition coefficient (Wildman–Crippen LogP) is 3.04. The minimum atomic E-state index is 0.817. The van der Waals surface area contributed by atoms with E-state index in [1.54, 1.807) is 22.7 Å². The largest absolute Gasteiger partial charge is 0.305 e. The molecule has 0 amide bonds. The maximum atomic E-state index is 4.58. The van der Waals surface area contributed by atoms with E-state index < -0.39 is 0 Å². The fourth-order valence-electron chi connectivity index (χ4n) is 1.62. The fraction of sp³-hybridized carbons (Fsp3) is 0.167. The zero-order valence-electron chi connectivity index (χ0n) is 9.09. The summed E-state index contributed by atoms with van der Waals surface area (Å²) in [4.78, 5) is 9.88. The van der Waals surface area contributed by atoms with Gasteiger partial charge in [0.25, 0.3) is 0 Å². The van der Waals surface area contributed by atoms with Crippen LogP contribution in [0.2, 0.25) is 0 Å². The summed E-state index contributed by atoms with van der Waals surface area (Å²) >= 11 is 3.42. The molecule has 0 radical (unpaired) electrons. The SMILES string of the molecule is c1ccc2sc(CNCc3cncs3)nc2c1. The van der Waals surface area contributed by atoms with Crippen LogP contribution in [-0.2, 0) is 13.1 Å². The second kappa shape index (κ2) is 4.91. The van der Waals surface area contributed by atoms with Crippen molar-refractivity contribution in [2.45, 2.75) is 13.1 Å². The molecule has 2 heterocycles. The minimum absolute atomic E-state index is 0.817. The van der Waals surface area contributed by atoms with E-state index >= 15 is 0 Å². The highest BCUT2D eigenvalue weighted by Crippen LogP contribution is 2.21. The molecule has 0 spiro atoms. The van der Waals surface area contributed by atoms with Crippen LogP contribution in [0, 0.1) is 0 Å². The van der Waals surface area contributed by atoms with E-state index in [9.17, 15) is 0 Å². The van der Waals surface area contributed by atoms with Crippen LogP contribution in [0.1, 0.15) is 9.88 Å². The van der Waals surface area contributed by atoms with E-state index in [-0.39, 0.29) is 0 Å². The molecule has 0 aliphatic rings. The third-order valence-electron chi connectivity index (χ3n) is 2.40. The number of hydrogen-bond donors (Lipinski definition) is 1. The van der Waals surface area contributed by atoms with Gasteiger partial charge >= 0.3 is 0 Å². The van der Waals surface area contributed by atoms with Gasteiger partial charge in [0.05, 0.1) is 15.7 Å². The Bertz CT molecular complexity index is 568. The molecule has 5 heteroatoms. The Balaban J connectivity index is 1.65. The summed E-state index contributed by atoms with van der Waals surface area (Å²) < 4.78 is 1.25. The van der Waals surface area contributed by atoms with Crippen molar-refractivity contribution in [1.82, 2.24) is 15.3 Å². The average Bonchev–Trinajstić information content (AvgIpc) is 2.96. The van der Waals surface area contributed by atoms with Gasteiger partial charge in [-0.15, -0.1) is 22.7 Å². The summed E-state index contributed by atoms with van der Waals surface area (Å²) in [5.74, 6) is 0. The summed E-state index contributed by atoms with van der Waals surface area (Å²) in [6, 6.07) is 8.24. The smallest absolute Gasteiger partial charge is 0.108 e. The molecule has 0 unspecified atom stereocenters. The third-order valence-corrected chi connectivity index (χ3v) is 4.21. The first kappa shape index (κ1) is 10.8. The number of hydrogen-bond acceptors (Lipinski definition) is 5. The van der Waals surface area contributed by atoms with Gasteiger partial charge in [0.1, 0.15) is 5.01 Å². The Morgan fingerprint density at radius 3 is 2.94 bits per heavy atom. The second-order valence-corrected chi connectivity index (χ2v) is 5.73. The molecule has 3 rings (SSSR count). The Kier molecular flexibility index (Phi) is 3.13. The first-order chi connectivity index (χ1) is 8.42. The molecule has 0 fully saturated rings. The third kappa shape index (κ3) is 2.52. The summed E-state index contributed by atoms with van der Waals surface area (Å²) in [5, 5.41) is 4.52. The first-order valence-electron chi connectivity index (χ1n) is 5.34. The number of fused-ring (bicyclic) bond motifs is 1. The molecular formula is C12H11N3S2. The van der Waals surface area contributed by atoms with Crippen LogP contribution in [0.5, 0.6) is 0 Å². The molecule has 0 saturated carbocycles. The highest BCUT2D eigenvalue weighted by atomic mass is 32.1. The lowest BCUT2D eigenvalue weighted by molar-refractivity contribution is 0.697. The van der Waals surface area contributed by atoms with Crippen molar-refractivity contribution in [2.24, 2.45) is 0 Å². The van der Waals surface area contributed by atoms with E-state index in [1.807, 2.05) is 17.8 Å². The van der Waals surface area contributed by atoms with Crippen molar-refractivity contribution in [3.05, 3.63) is 45.9 Å². The molecule has 3 nitrogen and oxygen atoms in total. The van der Waals surface area contributed by atoms with E-state index in [0.29, 0.717) is 0 Å². The van der Waals surface area contributed by atoms with Crippen molar-refractivity contribution in [1.29, 1.82) is 0 Å². The van der Waals surface area contributed by atoms with Gasteiger partial charge in [-0.25, -0.2) is 4.98 Å². The minimum Gasteiger partial charge on any atom is -0.305 e. The lowest BCUT2D eigenvalue weighted by Gasteiger charge is -1.98. The van der Waals surface area contributed by atoms with Crippen molar-refractivity contribution in [2.75, 3.05) is 0 Å². The number of benzene rings is 1. The number of thiazole rings is 2. The fourth-order valence-corrected chi connectivity index (χ4v) is 3.12. The lowest BCUT2D eigenvalue weighted by Crippen LogP contribution is -2.11. The molecule has 0 aliphatic carbocycles. The van der Waals surface area contributed by atoms with Gasteiger partial charge < -0.3 is 5.32 Å². The Hall–Kier alpha value is -1.30. The monoisotopic (exact) mass is 261 g/mol. The molecule has 2 aromatic heterocycles. The van der Waals surface area contributed by atoms with E-state index in [2.05, 4.69) is 33.5 Å². The standard InChI is InChI=1S/C12H11N3S2/c1-2-4-11-10(3-1)15-12(17-11)7-13-5-9-6-14-8-16-9/h1-4,6,8,13H,5,7H2. The van der Waals surface area contributed by atoms with E-state index in [1.165, 1.54) is 9.58 Å². The van der Waals surface area contributed by atoms with Gasteiger partial charge in [0, 0.05) is 24.2 Å². The highest BCUT2D eigenvalue weighted by Gasteiger charge is 2.02. The molecule has 3 aromatic rings. The molecule has 1 N–H and O–H groups in total. The van der Waals surface area contributed by atoms with Gasteiger partial charge in [-0.2, -0.15) is 0 Å². The number of aromatic nitrogens is 2. The second-order valence-electron chi connectivity index (χ2n) is 3.65. The molecular weight excluding hydrogens is 250 g/mol. The van der Waals surface area contributed by atoms with Gasteiger partial charge in [-0.3, -0.25) is 4.98 Å². The number of para-hydroxylation sites is 1. The van der Waals surface area contributed by atoms with Crippen LogP contribution in [-0.4, -0.2) is 9.97 Å². The van der Waals surface area contributed by atoms with Gasteiger partial charge in [-0.05, 0) is 12.1 Å². The number of nitrogens with zero attached hydrogens (tertiary/aromatic N) is 2. The van der Waals surface area contributed by atoms with Crippen LogP contribution in [0.3, 0.4) is 0 Å². The Morgan fingerprint density at radius 1 is 1.18 bits per heavy atom. The molecule has 86 valence electrons. The maximum absolute atomic E-state index is 4.58. The van der Waals surface area contributed by atoms with Crippen molar-refractivity contribution < 1.29 is 0 Å². The lowest BCUT2D eigenvalue weighted by atomic mass is 10.3. The number of nitrogens with one attached hydrogen (secondary N) is 1. The predicted molar refractivity (Wildman–Crippen MR) is 72.3 cm³/mol.